The molecule has 0 saturated carbocycles. The predicted octanol–water partition coefficient (Wildman–Crippen LogP) is 3.22. The number of hydrogen-bond acceptors (Lipinski definition) is 3. The summed E-state index contributed by atoms with van der Waals surface area (Å²) in [7, 11) is 0. The lowest BCUT2D eigenvalue weighted by molar-refractivity contribution is -0.123. The van der Waals surface area contributed by atoms with Crippen molar-refractivity contribution in [3.05, 3.63) is 58.0 Å². The first kappa shape index (κ1) is 15.7. The van der Waals surface area contributed by atoms with Gasteiger partial charge in [-0.2, -0.15) is 0 Å². The summed E-state index contributed by atoms with van der Waals surface area (Å²) in [6.07, 6.45) is 1.50. The fraction of sp³-hybridized carbons (Fsp3) is 0.312. The number of rotatable bonds is 6. The van der Waals surface area contributed by atoms with Crippen LogP contribution < -0.4 is 11.1 Å². The van der Waals surface area contributed by atoms with Gasteiger partial charge in [0.15, 0.2) is 0 Å². The minimum absolute atomic E-state index is 0.181. The number of hydrogen-bond donors (Lipinski definition) is 2. The van der Waals surface area contributed by atoms with Crippen molar-refractivity contribution in [1.29, 1.82) is 0 Å². The van der Waals surface area contributed by atoms with E-state index in [4.69, 9.17) is 5.73 Å². The third-order valence-corrected chi connectivity index (χ3v) is 4.19. The van der Waals surface area contributed by atoms with Crippen LogP contribution in [0, 0.1) is 5.82 Å². The van der Waals surface area contributed by atoms with Gasteiger partial charge in [0.2, 0.25) is 5.91 Å². The average molecular weight is 306 g/mol. The number of nitrogens with two attached hydrogens (primary N) is 1. The largest absolute Gasteiger partial charge is 0.343 e. The van der Waals surface area contributed by atoms with Crippen LogP contribution in [0.25, 0.3) is 0 Å². The summed E-state index contributed by atoms with van der Waals surface area (Å²) in [5, 5.41) is 4.91. The molecule has 0 aliphatic heterocycles. The van der Waals surface area contributed by atoms with Crippen molar-refractivity contribution in [2.45, 2.75) is 31.8 Å². The molecule has 0 aliphatic carbocycles. The van der Waals surface area contributed by atoms with Gasteiger partial charge in [0.1, 0.15) is 5.82 Å². The lowest BCUT2D eigenvalue weighted by Gasteiger charge is -2.20. The van der Waals surface area contributed by atoms with Crippen LogP contribution in [0.15, 0.2) is 41.8 Å². The molecule has 0 radical (unpaired) electrons. The summed E-state index contributed by atoms with van der Waals surface area (Å²) < 4.78 is 13.1. The molecule has 112 valence electrons. The van der Waals surface area contributed by atoms with Gasteiger partial charge < -0.3 is 11.1 Å². The molecule has 3 N–H and O–H groups in total. The molecule has 1 amide bonds. The fourth-order valence-electron chi connectivity index (χ4n) is 2.12. The van der Waals surface area contributed by atoms with E-state index >= 15 is 0 Å². The monoisotopic (exact) mass is 306 g/mol. The number of thiophene rings is 1. The van der Waals surface area contributed by atoms with Crippen LogP contribution in [0.4, 0.5) is 4.39 Å². The fourth-order valence-corrected chi connectivity index (χ4v) is 2.92. The molecule has 2 atom stereocenters. The Hall–Kier alpha value is -1.72. The number of amides is 1. The summed E-state index contributed by atoms with van der Waals surface area (Å²) >= 11 is 1.55. The van der Waals surface area contributed by atoms with Gasteiger partial charge in [-0.25, -0.2) is 4.39 Å². The molecule has 2 rings (SSSR count). The second-order valence-electron chi connectivity index (χ2n) is 4.90. The SMILES string of the molecule is CCCC(N)C(=O)NC(c1ccc(F)cc1)c1cccs1. The molecular formula is C16H19FN2OS. The average Bonchev–Trinajstić information content (AvgIpc) is 3.00. The van der Waals surface area contributed by atoms with Gasteiger partial charge in [-0.3, -0.25) is 4.79 Å². The van der Waals surface area contributed by atoms with Crippen molar-refractivity contribution < 1.29 is 9.18 Å². The highest BCUT2D eigenvalue weighted by atomic mass is 32.1. The van der Waals surface area contributed by atoms with Crippen molar-refractivity contribution in [2.24, 2.45) is 5.73 Å². The van der Waals surface area contributed by atoms with E-state index in [1.54, 1.807) is 23.5 Å². The van der Waals surface area contributed by atoms with E-state index in [-0.39, 0.29) is 17.8 Å². The maximum absolute atomic E-state index is 13.1. The molecule has 1 aromatic heterocycles. The first-order valence-electron chi connectivity index (χ1n) is 6.96. The van der Waals surface area contributed by atoms with Crippen molar-refractivity contribution >= 4 is 17.2 Å². The number of carbonyl (C=O) groups excluding carboxylic acids is 1. The van der Waals surface area contributed by atoms with Gasteiger partial charge in [0.25, 0.3) is 0 Å². The maximum Gasteiger partial charge on any atom is 0.237 e. The van der Waals surface area contributed by atoms with E-state index < -0.39 is 6.04 Å². The molecule has 0 bridgehead atoms. The molecule has 0 saturated heterocycles. The van der Waals surface area contributed by atoms with Crippen molar-refractivity contribution in [2.75, 3.05) is 0 Å². The number of carbonyl (C=O) groups is 1. The Morgan fingerprint density at radius 2 is 2.05 bits per heavy atom. The Morgan fingerprint density at radius 3 is 2.62 bits per heavy atom. The number of benzene rings is 1. The standard InChI is InChI=1S/C16H19FN2OS/c1-2-4-13(18)16(20)19-15(14-5-3-10-21-14)11-6-8-12(17)9-7-11/h3,5-10,13,15H,2,4,18H2,1H3,(H,19,20). The Kier molecular flexibility index (Phi) is 5.47. The van der Waals surface area contributed by atoms with E-state index in [9.17, 15) is 9.18 Å². The predicted molar refractivity (Wildman–Crippen MR) is 83.6 cm³/mol. The Balaban J connectivity index is 2.21. The second kappa shape index (κ2) is 7.33. The topological polar surface area (TPSA) is 55.1 Å². The zero-order chi connectivity index (χ0) is 15.2. The van der Waals surface area contributed by atoms with Gasteiger partial charge in [-0.1, -0.05) is 31.5 Å². The van der Waals surface area contributed by atoms with E-state index in [0.29, 0.717) is 6.42 Å². The van der Waals surface area contributed by atoms with Crippen molar-refractivity contribution in [3.8, 4) is 0 Å². The molecule has 0 spiro atoms. The van der Waals surface area contributed by atoms with E-state index in [2.05, 4.69) is 5.32 Å². The molecular weight excluding hydrogens is 287 g/mol. The second-order valence-corrected chi connectivity index (χ2v) is 5.88. The molecule has 21 heavy (non-hydrogen) atoms. The zero-order valence-corrected chi connectivity index (χ0v) is 12.7. The van der Waals surface area contributed by atoms with E-state index in [0.717, 1.165) is 16.9 Å². The Morgan fingerprint density at radius 1 is 1.33 bits per heavy atom. The van der Waals surface area contributed by atoms with Crippen LogP contribution in [0.2, 0.25) is 0 Å². The van der Waals surface area contributed by atoms with Crippen molar-refractivity contribution in [3.63, 3.8) is 0 Å². The Labute approximate surface area is 128 Å². The molecule has 2 aromatic rings. The Bertz CT molecular complexity index is 568. The van der Waals surface area contributed by atoms with Gasteiger partial charge in [0, 0.05) is 4.88 Å². The maximum atomic E-state index is 13.1. The summed E-state index contributed by atoms with van der Waals surface area (Å²) in [4.78, 5) is 13.2. The number of nitrogens with one attached hydrogen (secondary N) is 1. The minimum Gasteiger partial charge on any atom is -0.343 e. The highest BCUT2D eigenvalue weighted by Crippen LogP contribution is 2.26. The van der Waals surface area contributed by atoms with E-state index in [1.165, 1.54) is 12.1 Å². The first-order valence-corrected chi connectivity index (χ1v) is 7.84. The van der Waals surface area contributed by atoms with Crippen molar-refractivity contribution in [1.82, 2.24) is 5.32 Å². The molecule has 3 nitrogen and oxygen atoms in total. The van der Waals surface area contributed by atoms with Gasteiger partial charge in [-0.05, 0) is 35.6 Å². The third-order valence-electron chi connectivity index (χ3n) is 3.25. The quantitative estimate of drug-likeness (QED) is 0.861. The smallest absolute Gasteiger partial charge is 0.237 e. The third kappa shape index (κ3) is 4.12. The van der Waals surface area contributed by atoms with Crippen LogP contribution in [-0.2, 0) is 4.79 Å². The van der Waals surface area contributed by atoms with Gasteiger partial charge in [-0.15, -0.1) is 11.3 Å². The van der Waals surface area contributed by atoms with Crippen LogP contribution in [0.3, 0.4) is 0 Å². The van der Waals surface area contributed by atoms with Gasteiger partial charge >= 0.3 is 0 Å². The summed E-state index contributed by atoms with van der Waals surface area (Å²) in [6, 6.07) is 9.23. The van der Waals surface area contributed by atoms with Crippen LogP contribution in [0.1, 0.15) is 36.2 Å². The lowest BCUT2D eigenvalue weighted by atomic mass is 10.0. The molecule has 2 unspecified atom stereocenters. The molecule has 0 aliphatic rings. The number of halogens is 1. The van der Waals surface area contributed by atoms with Gasteiger partial charge in [0.05, 0.1) is 12.1 Å². The highest BCUT2D eigenvalue weighted by molar-refractivity contribution is 7.10. The summed E-state index contributed by atoms with van der Waals surface area (Å²) in [5.41, 5.74) is 6.71. The highest BCUT2D eigenvalue weighted by Gasteiger charge is 2.21. The zero-order valence-electron chi connectivity index (χ0n) is 11.9. The molecule has 1 heterocycles. The van der Waals surface area contributed by atoms with Crippen LogP contribution >= 0.6 is 11.3 Å². The molecule has 0 fully saturated rings. The first-order chi connectivity index (χ1) is 10.1. The lowest BCUT2D eigenvalue weighted by Crippen LogP contribution is -2.42. The molecule has 5 heteroatoms. The summed E-state index contributed by atoms with van der Waals surface area (Å²) in [5.74, 6) is -0.475. The van der Waals surface area contributed by atoms with E-state index in [1.807, 2.05) is 24.4 Å². The van der Waals surface area contributed by atoms with Crippen LogP contribution in [0.5, 0.6) is 0 Å². The normalized spacial score (nSPS) is 13.7. The van der Waals surface area contributed by atoms with Crippen LogP contribution in [-0.4, -0.2) is 11.9 Å². The summed E-state index contributed by atoms with van der Waals surface area (Å²) in [6.45, 7) is 1.99. The minimum atomic E-state index is -0.516. The molecule has 1 aromatic carbocycles.